The molecule has 0 heterocycles. The lowest BCUT2D eigenvalue weighted by molar-refractivity contribution is -0.870. The van der Waals surface area contributed by atoms with Gasteiger partial charge in [0.05, 0.1) is 34.4 Å². The van der Waals surface area contributed by atoms with E-state index in [-0.39, 0.29) is 38.2 Å². The van der Waals surface area contributed by atoms with Crippen molar-refractivity contribution < 1.29 is 42.9 Å². The van der Waals surface area contributed by atoms with Crippen molar-refractivity contribution in [1.82, 2.24) is 0 Å². The Kier molecular flexibility index (Phi) is 63.5. The number of hydrogen-bond acceptors (Lipinski definition) is 7. The van der Waals surface area contributed by atoms with Gasteiger partial charge in [-0.2, -0.15) is 0 Å². The maximum absolute atomic E-state index is 12.9. The molecule has 0 aromatic carbocycles. The molecule has 486 valence electrons. The summed E-state index contributed by atoms with van der Waals surface area (Å²) in [5, 5.41) is 9.75. The van der Waals surface area contributed by atoms with Crippen LogP contribution in [0.15, 0.2) is 12.2 Å². The fraction of sp³-hybridized carbons (Fsp3) is 0.932. The molecule has 0 amide bonds. The Morgan fingerprint density at radius 1 is 0.354 bits per heavy atom. The van der Waals surface area contributed by atoms with Crippen LogP contribution in [0.4, 0.5) is 0 Å². The Bertz CT molecular complexity index is 1350. The largest absolute Gasteiger partial charge is 0.477 e. The second kappa shape index (κ2) is 65.0. The van der Waals surface area contributed by atoms with Crippen LogP contribution in [0.5, 0.6) is 0 Å². The zero-order valence-corrected chi connectivity index (χ0v) is 55.7. The van der Waals surface area contributed by atoms with E-state index in [2.05, 4.69) is 26.0 Å². The standard InChI is InChI=1S/C73H141NO8/c1-6-8-10-12-14-16-18-20-22-24-26-28-30-32-33-34-35-36-37-38-40-41-43-45-47-49-51-53-55-57-59-61-63-70(75)80-67-69(68-81-73(72(77)78)79-66-65-74(3,4)5)82-71(76)64-62-60-58-56-54-52-50-48-46-44-42-39-31-29-27-25-23-21-19-17-15-13-11-9-7-2/h25,27,69,73H,6-24,26,28-68H2,1-5H3/p+1/b27-25-. The van der Waals surface area contributed by atoms with Gasteiger partial charge in [0.15, 0.2) is 6.10 Å². The van der Waals surface area contributed by atoms with Gasteiger partial charge >= 0.3 is 17.9 Å². The highest BCUT2D eigenvalue weighted by atomic mass is 16.7. The summed E-state index contributed by atoms with van der Waals surface area (Å²) in [5.41, 5.74) is 0. The van der Waals surface area contributed by atoms with Crippen LogP contribution in [-0.2, 0) is 33.3 Å². The highest BCUT2D eigenvalue weighted by molar-refractivity contribution is 5.71. The maximum atomic E-state index is 12.9. The van der Waals surface area contributed by atoms with Gasteiger partial charge in [-0.25, -0.2) is 4.79 Å². The number of hydrogen-bond donors (Lipinski definition) is 1. The van der Waals surface area contributed by atoms with Crippen molar-refractivity contribution in [3.05, 3.63) is 12.2 Å². The predicted octanol–water partition coefficient (Wildman–Crippen LogP) is 22.4. The van der Waals surface area contributed by atoms with E-state index < -0.39 is 18.4 Å². The Labute approximate surface area is 510 Å². The minimum absolute atomic E-state index is 0.174. The van der Waals surface area contributed by atoms with Crippen molar-refractivity contribution in [2.24, 2.45) is 0 Å². The first-order chi connectivity index (χ1) is 40.1. The molecular formula is C73H142NO8+. The van der Waals surface area contributed by atoms with Crippen LogP contribution in [0.1, 0.15) is 380 Å². The molecule has 0 saturated heterocycles. The molecule has 0 aliphatic rings. The third kappa shape index (κ3) is 65.6. The summed E-state index contributed by atoms with van der Waals surface area (Å²) in [7, 11) is 5.99. The van der Waals surface area contributed by atoms with E-state index in [1.165, 1.54) is 315 Å². The zero-order valence-electron chi connectivity index (χ0n) is 55.7. The Morgan fingerprint density at radius 3 is 0.902 bits per heavy atom. The number of nitrogens with zero attached hydrogens (tertiary/aromatic N) is 1. The highest BCUT2D eigenvalue weighted by Gasteiger charge is 2.25. The van der Waals surface area contributed by atoms with Crippen molar-refractivity contribution >= 4 is 17.9 Å². The molecule has 0 bridgehead atoms. The Morgan fingerprint density at radius 2 is 0.622 bits per heavy atom. The fourth-order valence-corrected chi connectivity index (χ4v) is 11.2. The predicted molar refractivity (Wildman–Crippen MR) is 351 cm³/mol. The molecule has 0 aliphatic heterocycles. The van der Waals surface area contributed by atoms with Crippen LogP contribution >= 0.6 is 0 Å². The molecule has 0 radical (unpaired) electrons. The first kappa shape index (κ1) is 80.0. The van der Waals surface area contributed by atoms with Crippen molar-refractivity contribution in [3.8, 4) is 0 Å². The lowest BCUT2D eigenvalue weighted by Crippen LogP contribution is -2.40. The Hall–Kier alpha value is -1.97. The molecular weight excluding hydrogens is 1020 g/mol. The minimum Gasteiger partial charge on any atom is -0.477 e. The lowest BCUT2D eigenvalue weighted by Gasteiger charge is -2.25. The molecule has 0 rings (SSSR count). The monoisotopic (exact) mass is 1160 g/mol. The van der Waals surface area contributed by atoms with Crippen LogP contribution in [0, 0.1) is 0 Å². The Balaban J connectivity index is 4.02. The number of quaternary nitrogens is 1. The van der Waals surface area contributed by atoms with Crippen molar-refractivity contribution in [3.63, 3.8) is 0 Å². The summed E-state index contributed by atoms with van der Waals surface area (Å²) in [5.74, 6) is -1.97. The van der Waals surface area contributed by atoms with Gasteiger partial charge in [-0.15, -0.1) is 0 Å². The van der Waals surface area contributed by atoms with Crippen molar-refractivity contribution in [2.45, 2.75) is 392 Å². The normalized spacial score (nSPS) is 12.6. The number of aliphatic carboxylic acids is 1. The third-order valence-electron chi connectivity index (χ3n) is 16.8. The molecule has 0 aliphatic carbocycles. The van der Waals surface area contributed by atoms with Gasteiger partial charge in [-0.05, 0) is 38.5 Å². The second-order valence-electron chi connectivity index (χ2n) is 26.3. The van der Waals surface area contributed by atoms with E-state index in [0.717, 1.165) is 38.5 Å². The number of allylic oxidation sites excluding steroid dienone is 2. The van der Waals surface area contributed by atoms with Crippen LogP contribution in [0.3, 0.4) is 0 Å². The van der Waals surface area contributed by atoms with E-state index in [9.17, 15) is 19.5 Å². The second-order valence-corrected chi connectivity index (χ2v) is 26.3. The number of carbonyl (C=O) groups excluding carboxylic acids is 2. The van der Waals surface area contributed by atoms with Crippen molar-refractivity contribution in [1.29, 1.82) is 0 Å². The summed E-state index contributed by atoms with van der Waals surface area (Å²) < 4.78 is 23.0. The van der Waals surface area contributed by atoms with E-state index in [0.29, 0.717) is 17.4 Å². The fourth-order valence-electron chi connectivity index (χ4n) is 11.2. The molecule has 82 heavy (non-hydrogen) atoms. The number of unbranched alkanes of at least 4 members (excludes halogenated alkanes) is 52. The van der Waals surface area contributed by atoms with Gasteiger partial charge in [0.1, 0.15) is 13.2 Å². The minimum atomic E-state index is -1.51. The molecule has 2 unspecified atom stereocenters. The number of likely N-dealkylation sites (N-methyl/N-ethyl adjacent to an activating group) is 1. The van der Waals surface area contributed by atoms with Crippen LogP contribution in [0.2, 0.25) is 0 Å². The highest BCUT2D eigenvalue weighted by Crippen LogP contribution is 2.19. The van der Waals surface area contributed by atoms with Gasteiger partial charge in [0.25, 0.3) is 6.29 Å². The molecule has 2 atom stereocenters. The van der Waals surface area contributed by atoms with Gasteiger partial charge in [0.2, 0.25) is 0 Å². The van der Waals surface area contributed by atoms with E-state index in [4.69, 9.17) is 18.9 Å². The van der Waals surface area contributed by atoms with Crippen LogP contribution < -0.4 is 0 Å². The topological polar surface area (TPSA) is 108 Å². The molecule has 1 N–H and O–H groups in total. The number of carbonyl (C=O) groups is 3. The van der Waals surface area contributed by atoms with E-state index in [1.54, 1.807) is 0 Å². The number of rotatable bonds is 69. The summed E-state index contributed by atoms with van der Waals surface area (Å²) in [6.45, 7) is 4.96. The van der Waals surface area contributed by atoms with E-state index >= 15 is 0 Å². The van der Waals surface area contributed by atoms with Gasteiger partial charge in [0, 0.05) is 12.8 Å². The van der Waals surface area contributed by atoms with Crippen LogP contribution in [-0.4, -0.2) is 87.4 Å². The average Bonchev–Trinajstić information content (AvgIpc) is 3.45. The molecule has 0 fully saturated rings. The van der Waals surface area contributed by atoms with Gasteiger partial charge < -0.3 is 28.5 Å². The SMILES string of the molecule is CCCCCCCCCC/C=C\CCCCCCCCCCCCCCCC(=O)OC(COC(=O)CCCCCCCCCCCCCCCCCCCCCCCCCCCCCCCCCC)COC(OCC[N+](C)(C)C)C(=O)O. The quantitative estimate of drug-likeness (QED) is 0.0211. The summed E-state index contributed by atoms with van der Waals surface area (Å²) in [4.78, 5) is 37.6. The zero-order chi connectivity index (χ0) is 59.8. The first-order valence-corrected chi connectivity index (χ1v) is 36.4. The maximum Gasteiger partial charge on any atom is 0.361 e. The number of ether oxygens (including phenoxy) is 4. The van der Waals surface area contributed by atoms with E-state index in [1.807, 2.05) is 21.1 Å². The number of carboxylic acid groups (broad SMARTS) is 1. The van der Waals surface area contributed by atoms with Crippen LogP contribution in [0.25, 0.3) is 0 Å². The molecule has 9 heteroatoms. The first-order valence-electron chi connectivity index (χ1n) is 36.4. The summed E-state index contributed by atoms with van der Waals surface area (Å²) in [6, 6.07) is 0. The van der Waals surface area contributed by atoms with Gasteiger partial charge in [-0.3, -0.25) is 9.59 Å². The lowest BCUT2D eigenvalue weighted by atomic mass is 10.0. The molecule has 0 spiro atoms. The molecule has 9 nitrogen and oxygen atoms in total. The number of carboxylic acids is 1. The third-order valence-corrected chi connectivity index (χ3v) is 16.8. The van der Waals surface area contributed by atoms with Gasteiger partial charge in [-0.1, -0.05) is 341 Å². The molecule has 0 aromatic heterocycles. The smallest absolute Gasteiger partial charge is 0.361 e. The summed E-state index contributed by atoms with van der Waals surface area (Å²) in [6.07, 6.45) is 76.3. The molecule has 0 aromatic rings. The number of esters is 2. The average molecular weight is 1160 g/mol. The summed E-state index contributed by atoms with van der Waals surface area (Å²) >= 11 is 0. The molecule has 0 saturated carbocycles. The van der Waals surface area contributed by atoms with Crippen molar-refractivity contribution in [2.75, 3.05) is 47.5 Å².